The molecule has 0 atom stereocenters. The highest BCUT2D eigenvalue weighted by Gasteiger charge is 2.12. The van der Waals surface area contributed by atoms with Crippen molar-refractivity contribution in [3.05, 3.63) is 57.6 Å². The number of fused-ring (bicyclic) bond motifs is 1. The molecule has 0 amide bonds. The van der Waals surface area contributed by atoms with Gasteiger partial charge >= 0.3 is 0 Å². The fraction of sp³-hybridized carbons (Fsp3) is 0. The lowest BCUT2D eigenvalue weighted by Crippen LogP contribution is -1.95. The van der Waals surface area contributed by atoms with E-state index in [0.717, 1.165) is 10.9 Å². The summed E-state index contributed by atoms with van der Waals surface area (Å²) in [5.41, 5.74) is 1.37. The zero-order chi connectivity index (χ0) is 14.1. The molecule has 4 nitrogen and oxygen atoms in total. The number of thiazole rings is 1. The van der Waals surface area contributed by atoms with Crippen molar-refractivity contribution in [2.45, 2.75) is 0 Å². The molecule has 0 fully saturated rings. The van der Waals surface area contributed by atoms with E-state index in [4.69, 9.17) is 11.6 Å². The zero-order valence-corrected chi connectivity index (χ0v) is 11.7. The summed E-state index contributed by atoms with van der Waals surface area (Å²) in [6, 6.07) is 5.31. The van der Waals surface area contributed by atoms with Crippen LogP contribution in [-0.4, -0.2) is 20.9 Å². The zero-order valence-electron chi connectivity index (χ0n) is 10.1. The molecule has 0 radical (unpaired) electrons. The van der Waals surface area contributed by atoms with E-state index < -0.39 is 0 Å². The number of ketones is 1. The number of H-pyrrole nitrogens is 1. The van der Waals surface area contributed by atoms with Gasteiger partial charge in [0.1, 0.15) is 5.76 Å². The second-order valence-electron chi connectivity index (χ2n) is 4.12. The van der Waals surface area contributed by atoms with E-state index >= 15 is 0 Å². The smallest absolute Gasteiger partial charge is 0.218 e. The summed E-state index contributed by atoms with van der Waals surface area (Å²) < 4.78 is 0. The molecule has 3 aromatic rings. The van der Waals surface area contributed by atoms with Crippen LogP contribution >= 0.6 is 22.9 Å². The molecular weight excluding hydrogens is 296 g/mol. The number of carbonyl (C=O) groups excluding carboxylic acids is 1. The highest BCUT2D eigenvalue weighted by molar-refractivity contribution is 7.11. The van der Waals surface area contributed by atoms with Gasteiger partial charge in [-0.3, -0.25) is 4.79 Å². The number of aliphatic hydroxyl groups excluding tert-OH is 1. The van der Waals surface area contributed by atoms with Crippen molar-refractivity contribution in [3.8, 4) is 0 Å². The third-order valence-corrected chi connectivity index (χ3v) is 3.85. The maximum absolute atomic E-state index is 11.9. The first-order chi connectivity index (χ1) is 9.65. The Bertz CT molecular complexity index is 806. The number of rotatable bonds is 3. The number of aromatic nitrogens is 2. The van der Waals surface area contributed by atoms with Gasteiger partial charge in [0.05, 0.1) is 0 Å². The van der Waals surface area contributed by atoms with E-state index in [1.54, 1.807) is 29.9 Å². The third kappa shape index (κ3) is 2.33. The van der Waals surface area contributed by atoms with E-state index in [1.807, 2.05) is 6.07 Å². The van der Waals surface area contributed by atoms with Gasteiger partial charge in [0.15, 0.2) is 5.01 Å². The maximum Gasteiger partial charge on any atom is 0.218 e. The van der Waals surface area contributed by atoms with E-state index in [9.17, 15) is 9.90 Å². The molecule has 100 valence electrons. The normalized spacial score (nSPS) is 11.9. The Morgan fingerprint density at radius 2 is 2.30 bits per heavy atom. The maximum atomic E-state index is 11.9. The second kappa shape index (κ2) is 5.11. The quantitative estimate of drug-likeness (QED) is 0.435. The number of nitrogens with one attached hydrogen (secondary N) is 1. The number of aromatic amines is 1. The van der Waals surface area contributed by atoms with Crippen LogP contribution in [0.15, 0.2) is 42.0 Å². The molecular formula is C14H9ClN2O2S. The summed E-state index contributed by atoms with van der Waals surface area (Å²) in [5, 5.41) is 13.5. The van der Waals surface area contributed by atoms with Crippen LogP contribution < -0.4 is 0 Å². The lowest BCUT2D eigenvalue weighted by atomic mass is 10.1. The average Bonchev–Trinajstić information content (AvgIpc) is 3.07. The van der Waals surface area contributed by atoms with Gasteiger partial charge in [-0.25, -0.2) is 4.98 Å². The van der Waals surface area contributed by atoms with Gasteiger partial charge < -0.3 is 10.1 Å². The Balaban J connectivity index is 2.02. The number of allylic oxidation sites excluding steroid dienone is 1. The standard InChI is InChI=1S/C14H9ClN2O2S/c15-8-1-2-11-9(5-8)10(7-17-11)12(18)6-13(19)14-16-3-4-20-14/h1-7,17-18H. The predicted molar refractivity (Wildman–Crippen MR) is 80.4 cm³/mol. The van der Waals surface area contributed by atoms with Crippen molar-refractivity contribution >= 4 is 45.4 Å². The number of carbonyl (C=O) groups is 1. The molecule has 2 heterocycles. The van der Waals surface area contributed by atoms with E-state index in [2.05, 4.69) is 9.97 Å². The number of halogens is 1. The highest BCUT2D eigenvalue weighted by Crippen LogP contribution is 2.26. The number of nitrogens with zero attached hydrogens (tertiary/aromatic N) is 1. The van der Waals surface area contributed by atoms with Gasteiger partial charge in [0.25, 0.3) is 0 Å². The largest absolute Gasteiger partial charge is 0.507 e. The van der Waals surface area contributed by atoms with Gasteiger partial charge in [-0.2, -0.15) is 0 Å². The molecule has 0 spiro atoms. The lowest BCUT2D eigenvalue weighted by molar-refractivity contribution is 0.104. The molecule has 0 saturated carbocycles. The van der Waals surface area contributed by atoms with Crippen LogP contribution in [0.3, 0.4) is 0 Å². The van der Waals surface area contributed by atoms with Crippen LogP contribution in [0.1, 0.15) is 15.4 Å². The Morgan fingerprint density at radius 1 is 1.45 bits per heavy atom. The lowest BCUT2D eigenvalue weighted by Gasteiger charge is -1.98. The molecule has 0 aliphatic carbocycles. The van der Waals surface area contributed by atoms with Crippen molar-refractivity contribution in [1.82, 2.24) is 9.97 Å². The first-order valence-electron chi connectivity index (χ1n) is 5.76. The van der Waals surface area contributed by atoms with Gasteiger partial charge in [-0.1, -0.05) is 11.6 Å². The Hall–Kier alpha value is -2.11. The second-order valence-corrected chi connectivity index (χ2v) is 5.45. The van der Waals surface area contributed by atoms with Crippen molar-refractivity contribution < 1.29 is 9.90 Å². The molecule has 6 heteroatoms. The van der Waals surface area contributed by atoms with Crippen LogP contribution in [0.4, 0.5) is 0 Å². The number of benzene rings is 1. The number of aliphatic hydroxyl groups is 1. The van der Waals surface area contributed by atoms with Crippen LogP contribution in [0.5, 0.6) is 0 Å². The van der Waals surface area contributed by atoms with Gasteiger partial charge in [-0.15, -0.1) is 11.3 Å². The van der Waals surface area contributed by atoms with Gasteiger partial charge in [0, 0.05) is 45.3 Å². The number of hydrogen-bond acceptors (Lipinski definition) is 4. The minimum atomic E-state index is -0.325. The summed E-state index contributed by atoms with van der Waals surface area (Å²) in [4.78, 5) is 18.8. The topological polar surface area (TPSA) is 66.0 Å². The highest BCUT2D eigenvalue weighted by atomic mass is 35.5. The average molecular weight is 305 g/mol. The minimum absolute atomic E-state index is 0.112. The fourth-order valence-corrected chi connectivity index (χ4v) is 2.63. The van der Waals surface area contributed by atoms with Crippen molar-refractivity contribution in [1.29, 1.82) is 0 Å². The summed E-state index contributed by atoms with van der Waals surface area (Å²) in [7, 11) is 0. The fourth-order valence-electron chi connectivity index (χ4n) is 1.91. The Labute approximate surface area is 123 Å². The van der Waals surface area contributed by atoms with E-state index in [0.29, 0.717) is 15.6 Å². The van der Waals surface area contributed by atoms with Crippen molar-refractivity contribution in [2.75, 3.05) is 0 Å². The Morgan fingerprint density at radius 3 is 3.05 bits per heavy atom. The molecule has 0 bridgehead atoms. The van der Waals surface area contributed by atoms with Crippen LogP contribution in [-0.2, 0) is 0 Å². The first kappa shape index (κ1) is 12.9. The summed E-state index contributed by atoms with van der Waals surface area (Å²) in [6.07, 6.45) is 4.36. The molecule has 1 aromatic carbocycles. The summed E-state index contributed by atoms with van der Waals surface area (Å²) in [5.74, 6) is -0.437. The summed E-state index contributed by atoms with van der Waals surface area (Å²) >= 11 is 7.18. The van der Waals surface area contributed by atoms with Gasteiger partial charge in [0.2, 0.25) is 5.78 Å². The van der Waals surface area contributed by atoms with Crippen LogP contribution in [0, 0.1) is 0 Å². The summed E-state index contributed by atoms with van der Waals surface area (Å²) in [6.45, 7) is 0. The molecule has 0 aliphatic rings. The molecule has 2 N–H and O–H groups in total. The van der Waals surface area contributed by atoms with Crippen molar-refractivity contribution in [3.63, 3.8) is 0 Å². The van der Waals surface area contributed by atoms with Gasteiger partial charge in [-0.05, 0) is 18.2 Å². The molecule has 3 rings (SSSR count). The van der Waals surface area contributed by atoms with Crippen LogP contribution in [0.25, 0.3) is 16.7 Å². The Kier molecular flexibility index (Phi) is 3.30. The SMILES string of the molecule is O=C(C=C(O)c1c[nH]c2ccc(Cl)cc12)c1nccs1. The van der Waals surface area contributed by atoms with E-state index in [-0.39, 0.29) is 11.5 Å². The van der Waals surface area contributed by atoms with Crippen molar-refractivity contribution in [2.24, 2.45) is 0 Å². The third-order valence-electron chi connectivity index (χ3n) is 2.83. The molecule has 0 aliphatic heterocycles. The molecule has 2 aromatic heterocycles. The molecule has 20 heavy (non-hydrogen) atoms. The molecule has 0 unspecified atom stereocenters. The monoisotopic (exact) mass is 304 g/mol. The van der Waals surface area contributed by atoms with E-state index in [1.165, 1.54) is 17.4 Å². The first-order valence-corrected chi connectivity index (χ1v) is 7.02. The predicted octanol–water partition coefficient (Wildman–Crippen LogP) is 4.06. The number of hydrogen-bond donors (Lipinski definition) is 2. The minimum Gasteiger partial charge on any atom is -0.507 e. The molecule has 0 saturated heterocycles. The van der Waals surface area contributed by atoms with Crippen LogP contribution in [0.2, 0.25) is 5.02 Å².